The summed E-state index contributed by atoms with van der Waals surface area (Å²) in [5.41, 5.74) is 1.84. The van der Waals surface area contributed by atoms with Gasteiger partial charge in [-0.05, 0) is 49.8 Å². The van der Waals surface area contributed by atoms with Gasteiger partial charge in [0.2, 0.25) is 5.91 Å². The zero-order chi connectivity index (χ0) is 16.7. The van der Waals surface area contributed by atoms with Crippen LogP contribution in [0.1, 0.15) is 37.7 Å². The molecule has 1 amide bonds. The Balaban J connectivity index is 1.73. The number of carbonyl (C=O) groups excluding carboxylic acids is 1. The van der Waals surface area contributed by atoms with Crippen LogP contribution in [0.15, 0.2) is 36.4 Å². The SMILES string of the molecule is C=C1CCC2(CC1)CCN(c1ccc(CC(F)(F)F)cc1)C2=O. The topological polar surface area (TPSA) is 20.3 Å². The molecule has 1 aromatic rings. The Labute approximate surface area is 134 Å². The molecular weight excluding hydrogens is 303 g/mol. The Kier molecular flexibility index (Phi) is 3.98. The second kappa shape index (κ2) is 5.69. The minimum Gasteiger partial charge on any atom is -0.312 e. The molecule has 1 aliphatic carbocycles. The molecule has 1 aliphatic heterocycles. The summed E-state index contributed by atoms with van der Waals surface area (Å²) >= 11 is 0. The summed E-state index contributed by atoms with van der Waals surface area (Å²) in [4.78, 5) is 14.5. The van der Waals surface area contributed by atoms with Crippen LogP contribution in [0.25, 0.3) is 0 Å². The smallest absolute Gasteiger partial charge is 0.312 e. The molecule has 0 unspecified atom stereocenters. The first-order valence-corrected chi connectivity index (χ1v) is 7.93. The number of benzene rings is 1. The van der Waals surface area contributed by atoms with Crippen LogP contribution >= 0.6 is 0 Å². The predicted molar refractivity (Wildman–Crippen MR) is 83.2 cm³/mol. The second-order valence-electron chi connectivity index (χ2n) is 6.70. The number of rotatable bonds is 2. The Hall–Kier alpha value is -1.78. The van der Waals surface area contributed by atoms with Crippen molar-refractivity contribution >= 4 is 11.6 Å². The molecule has 3 rings (SSSR count). The molecule has 23 heavy (non-hydrogen) atoms. The van der Waals surface area contributed by atoms with Crippen molar-refractivity contribution in [1.82, 2.24) is 0 Å². The summed E-state index contributed by atoms with van der Waals surface area (Å²) in [6, 6.07) is 6.17. The van der Waals surface area contributed by atoms with Crippen molar-refractivity contribution in [2.75, 3.05) is 11.4 Å². The molecule has 1 saturated carbocycles. The first-order valence-electron chi connectivity index (χ1n) is 7.93. The normalized spacial score (nSPS) is 21.3. The zero-order valence-corrected chi connectivity index (χ0v) is 13.0. The number of anilines is 1. The number of carbonyl (C=O) groups is 1. The lowest BCUT2D eigenvalue weighted by atomic mass is 9.72. The van der Waals surface area contributed by atoms with E-state index in [1.54, 1.807) is 17.0 Å². The maximum Gasteiger partial charge on any atom is 0.393 e. The van der Waals surface area contributed by atoms with Crippen molar-refractivity contribution in [3.63, 3.8) is 0 Å². The van der Waals surface area contributed by atoms with Crippen LogP contribution in [0.4, 0.5) is 18.9 Å². The molecule has 0 atom stereocenters. The van der Waals surface area contributed by atoms with Gasteiger partial charge in [-0.1, -0.05) is 24.3 Å². The van der Waals surface area contributed by atoms with Gasteiger partial charge in [0, 0.05) is 12.2 Å². The predicted octanol–water partition coefficient (Wildman–Crippen LogP) is 4.64. The maximum atomic E-state index is 12.8. The average Bonchev–Trinajstić information content (AvgIpc) is 2.79. The van der Waals surface area contributed by atoms with Gasteiger partial charge < -0.3 is 4.90 Å². The molecule has 2 nitrogen and oxygen atoms in total. The molecule has 0 aromatic heterocycles. The Bertz CT molecular complexity index is 608. The lowest BCUT2D eigenvalue weighted by molar-refractivity contribution is -0.127. The molecule has 0 bridgehead atoms. The van der Waals surface area contributed by atoms with Gasteiger partial charge >= 0.3 is 6.18 Å². The molecule has 1 aromatic carbocycles. The monoisotopic (exact) mass is 323 g/mol. The number of hydrogen-bond acceptors (Lipinski definition) is 1. The van der Waals surface area contributed by atoms with Crippen molar-refractivity contribution in [1.29, 1.82) is 0 Å². The van der Waals surface area contributed by atoms with Gasteiger partial charge in [-0.3, -0.25) is 4.79 Å². The molecule has 2 fully saturated rings. The van der Waals surface area contributed by atoms with Crippen LogP contribution in [0.5, 0.6) is 0 Å². The molecule has 0 N–H and O–H groups in total. The highest BCUT2D eigenvalue weighted by Gasteiger charge is 2.47. The first kappa shape index (κ1) is 16.1. The van der Waals surface area contributed by atoms with E-state index in [1.807, 2.05) is 0 Å². The van der Waals surface area contributed by atoms with Gasteiger partial charge in [0.05, 0.1) is 11.8 Å². The number of allylic oxidation sites excluding steroid dienone is 1. The van der Waals surface area contributed by atoms with E-state index in [1.165, 1.54) is 17.7 Å². The van der Waals surface area contributed by atoms with E-state index in [0.29, 0.717) is 12.2 Å². The van der Waals surface area contributed by atoms with E-state index in [0.717, 1.165) is 32.1 Å². The number of amides is 1. The van der Waals surface area contributed by atoms with E-state index in [2.05, 4.69) is 6.58 Å². The largest absolute Gasteiger partial charge is 0.393 e. The lowest BCUT2D eigenvalue weighted by Crippen LogP contribution is -2.36. The fourth-order valence-corrected chi connectivity index (χ4v) is 3.64. The third kappa shape index (κ3) is 3.28. The molecule has 2 aliphatic rings. The minimum absolute atomic E-state index is 0.119. The van der Waals surface area contributed by atoms with Crippen molar-refractivity contribution < 1.29 is 18.0 Å². The summed E-state index contributed by atoms with van der Waals surface area (Å²) in [6.07, 6.45) is -0.856. The van der Waals surface area contributed by atoms with Gasteiger partial charge in [0.1, 0.15) is 0 Å². The maximum absolute atomic E-state index is 12.8. The van der Waals surface area contributed by atoms with Crippen molar-refractivity contribution in [2.24, 2.45) is 5.41 Å². The molecule has 1 spiro atoms. The number of alkyl halides is 3. The Morgan fingerprint density at radius 3 is 2.26 bits per heavy atom. The molecule has 5 heteroatoms. The van der Waals surface area contributed by atoms with Crippen LogP contribution in [0.2, 0.25) is 0 Å². The van der Waals surface area contributed by atoms with E-state index in [9.17, 15) is 18.0 Å². The molecule has 1 heterocycles. The number of nitrogens with zero attached hydrogens (tertiary/aromatic N) is 1. The number of hydrogen-bond donors (Lipinski definition) is 0. The summed E-state index contributed by atoms with van der Waals surface area (Å²) in [6.45, 7) is 4.64. The summed E-state index contributed by atoms with van der Waals surface area (Å²) in [7, 11) is 0. The fourth-order valence-electron chi connectivity index (χ4n) is 3.64. The fraction of sp³-hybridized carbons (Fsp3) is 0.500. The summed E-state index contributed by atoms with van der Waals surface area (Å²) in [5, 5.41) is 0. The summed E-state index contributed by atoms with van der Waals surface area (Å²) in [5.74, 6) is 0.119. The molecule has 0 radical (unpaired) electrons. The molecule has 124 valence electrons. The Morgan fingerprint density at radius 2 is 1.70 bits per heavy atom. The highest BCUT2D eigenvalue weighted by molar-refractivity contribution is 6.00. The van der Waals surface area contributed by atoms with E-state index >= 15 is 0 Å². The molecule has 1 saturated heterocycles. The van der Waals surface area contributed by atoms with Crippen LogP contribution in [-0.4, -0.2) is 18.6 Å². The standard InChI is InChI=1S/C18H20F3NO/c1-13-6-8-17(9-7-13)10-11-22(16(17)23)15-4-2-14(3-5-15)12-18(19,20)21/h2-5H,1,6-12H2. The average molecular weight is 323 g/mol. The number of halogens is 3. The van der Waals surface area contributed by atoms with Gasteiger partial charge in [-0.2, -0.15) is 13.2 Å². The highest BCUT2D eigenvalue weighted by Crippen LogP contribution is 2.47. The van der Waals surface area contributed by atoms with Gasteiger partial charge in [-0.25, -0.2) is 0 Å². The summed E-state index contributed by atoms with van der Waals surface area (Å²) < 4.78 is 37.2. The Morgan fingerprint density at radius 1 is 1.09 bits per heavy atom. The van der Waals surface area contributed by atoms with Gasteiger partial charge in [0.25, 0.3) is 0 Å². The van der Waals surface area contributed by atoms with Crippen LogP contribution in [0, 0.1) is 5.41 Å². The van der Waals surface area contributed by atoms with Crippen LogP contribution in [0.3, 0.4) is 0 Å². The molecular formula is C18H20F3NO. The third-order valence-corrected chi connectivity index (χ3v) is 5.08. The van der Waals surface area contributed by atoms with Crippen LogP contribution < -0.4 is 4.90 Å². The van der Waals surface area contributed by atoms with Crippen LogP contribution in [-0.2, 0) is 11.2 Å². The zero-order valence-electron chi connectivity index (χ0n) is 13.0. The van der Waals surface area contributed by atoms with Gasteiger partial charge in [-0.15, -0.1) is 0 Å². The van der Waals surface area contributed by atoms with Crippen molar-refractivity contribution in [2.45, 2.75) is 44.7 Å². The van der Waals surface area contributed by atoms with Gasteiger partial charge in [0.15, 0.2) is 0 Å². The second-order valence-corrected chi connectivity index (χ2v) is 6.70. The lowest BCUT2D eigenvalue weighted by Gasteiger charge is -2.32. The van der Waals surface area contributed by atoms with E-state index in [-0.39, 0.29) is 16.9 Å². The minimum atomic E-state index is -4.21. The van der Waals surface area contributed by atoms with Crippen molar-refractivity contribution in [3.8, 4) is 0 Å². The highest BCUT2D eigenvalue weighted by atomic mass is 19.4. The third-order valence-electron chi connectivity index (χ3n) is 5.08. The first-order chi connectivity index (χ1) is 10.8. The van der Waals surface area contributed by atoms with E-state index in [4.69, 9.17) is 0 Å². The van der Waals surface area contributed by atoms with E-state index < -0.39 is 12.6 Å². The van der Waals surface area contributed by atoms with Crippen molar-refractivity contribution in [3.05, 3.63) is 42.0 Å². The quantitative estimate of drug-likeness (QED) is 0.726.